The first-order valence-corrected chi connectivity index (χ1v) is 12.0. The number of rotatable bonds is 6. The predicted molar refractivity (Wildman–Crippen MR) is 134 cm³/mol. The third-order valence-corrected chi connectivity index (χ3v) is 7.00. The van der Waals surface area contributed by atoms with Crippen LogP contribution in [0, 0.1) is 13.8 Å². The van der Waals surface area contributed by atoms with Gasteiger partial charge in [-0.2, -0.15) is 5.10 Å². The van der Waals surface area contributed by atoms with Gasteiger partial charge in [0.05, 0.1) is 40.3 Å². The number of carbonyl (C=O) groups excluding carboxylic acids is 1. The fraction of sp³-hybridized carbons (Fsp3) is 0.269. The van der Waals surface area contributed by atoms with Crippen LogP contribution in [0.5, 0.6) is 0 Å². The number of aryl methyl sites for hydroxylation is 3. The Labute approximate surface area is 202 Å². The van der Waals surface area contributed by atoms with Crippen LogP contribution in [0.15, 0.2) is 41.7 Å². The maximum Gasteiger partial charge on any atom is 0.136 e. The Bertz CT molecular complexity index is 1420. The maximum absolute atomic E-state index is 11.8. The molecule has 0 saturated carbocycles. The minimum Gasteiger partial charge on any atom is -0.399 e. The molecule has 0 spiro atoms. The van der Waals surface area contributed by atoms with Crippen LogP contribution in [0.2, 0.25) is 0 Å². The molecule has 4 aromatic rings. The molecular formula is C26H25N5O2S. The van der Waals surface area contributed by atoms with Crippen LogP contribution in [0.1, 0.15) is 40.0 Å². The van der Waals surface area contributed by atoms with Crippen molar-refractivity contribution in [2.24, 2.45) is 5.16 Å². The van der Waals surface area contributed by atoms with Crippen LogP contribution in [0.3, 0.4) is 0 Å². The second-order valence-corrected chi connectivity index (χ2v) is 9.58. The Balaban J connectivity index is 1.71. The van der Waals surface area contributed by atoms with Gasteiger partial charge in [0.1, 0.15) is 17.9 Å². The number of thiazole rings is 1. The minimum atomic E-state index is 0.121. The Morgan fingerprint density at radius 3 is 2.79 bits per heavy atom. The van der Waals surface area contributed by atoms with E-state index in [1.165, 1.54) is 12.7 Å². The normalized spacial score (nSPS) is 12.6. The summed E-state index contributed by atoms with van der Waals surface area (Å²) in [6.07, 6.45) is 5.62. The summed E-state index contributed by atoms with van der Waals surface area (Å²) in [7, 11) is 1.53. The molecule has 0 aliphatic heterocycles. The molecule has 5 rings (SSSR count). The predicted octanol–water partition coefficient (Wildman–Crippen LogP) is 4.89. The van der Waals surface area contributed by atoms with Crippen LogP contribution in [0.4, 0.5) is 0 Å². The van der Waals surface area contributed by atoms with Crippen molar-refractivity contribution in [3.05, 3.63) is 69.6 Å². The molecular weight excluding hydrogens is 446 g/mol. The largest absolute Gasteiger partial charge is 0.399 e. The highest BCUT2D eigenvalue weighted by Gasteiger charge is 2.30. The number of hydrogen-bond acceptors (Lipinski definition) is 7. The van der Waals surface area contributed by atoms with Gasteiger partial charge in [0.15, 0.2) is 0 Å². The number of aromatic nitrogens is 4. The number of nitrogens with zero attached hydrogens (tertiary/aromatic N) is 5. The first kappa shape index (κ1) is 22.2. The van der Waals surface area contributed by atoms with Crippen molar-refractivity contribution in [3.8, 4) is 27.5 Å². The molecule has 34 heavy (non-hydrogen) atoms. The highest BCUT2D eigenvalue weighted by molar-refractivity contribution is 7.15. The van der Waals surface area contributed by atoms with Gasteiger partial charge in [-0.15, -0.1) is 11.3 Å². The minimum absolute atomic E-state index is 0.121. The van der Waals surface area contributed by atoms with E-state index in [4.69, 9.17) is 14.9 Å². The summed E-state index contributed by atoms with van der Waals surface area (Å²) in [6, 6.07) is 10.2. The molecule has 1 aliphatic carbocycles. The zero-order chi connectivity index (χ0) is 23.8. The summed E-state index contributed by atoms with van der Waals surface area (Å²) >= 11 is 1.60. The van der Waals surface area contributed by atoms with Gasteiger partial charge in [-0.05, 0) is 69.0 Å². The van der Waals surface area contributed by atoms with Crippen LogP contribution < -0.4 is 0 Å². The van der Waals surface area contributed by atoms with Gasteiger partial charge in [0.2, 0.25) is 0 Å². The monoisotopic (exact) mass is 471 g/mol. The van der Waals surface area contributed by atoms with Crippen molar-refractivity contribution in [3.63, 3.8) is 0 Å². The van der Waals surface area contributed by atoms with Gasteiger partial charge in [-0.3, -0.25) is 9.78 Å². The SMILES string of the molecule is CO/N=C/c1ccc(-n2nc(-c3ccc(C)nc3)c3c2-c2sc(CC(C)=O)nc2CC3)c(C)c1. The molecule has 8 heteroatoms. The Kier molecular flexibility index (Phi) is 5.83. The number of ketones is 1. The van der Waals surface area contributed by atoms with E-state index < -0.39 is 0 Å². The van der Waals surface area contributed by atoms with E-state index >= 15 is 0 Å². The van der Waals surface area contributed by atoms with E-state index in [1.807, 2.05) is 29.9 Å². The molecule has 0 fully saturated rings. The molecule has 0 bridgehead atoms. The average molecular weight is 472 g/mol. The zero-order valence-corrected chi connectivity index (χ0v) is 20.4. The molecule has 0 unspecified atom stereocenters. The van der Waals surface area contributed by atoms with Gasteiger partial charge in [-0.25, -0.2) is 9.67 Å². The molecule has 3 heterocycles. The third-order valence-electron chi connectivity index (χ3n) is 5.89. The summed E-state index contributed by atoms with van der Waals surface area (Å²) in [5.41, 5.74) is 9.23. The van der Waals surface area contributed by atoms with Crippen LogP contribution in [0.25, 0.3) is 27.5 Å². The highest BCUT2D eigenvalue weighted by atomic mass is 32.1. The third kappa shape index (κ3) is 4.05. The average Bonchev–Trinajstić information content (AvgIpc) is 3.38. The van der Waals surface area contributed by atoms with Crippen molar-refractivity contribution >= 4 is 23.3 Å². The van der Waals surface area contributed by atoms with Crippen LogP contribution >= 0.6 is 11.3 Å². The van der Waals surface area contributed by atoms with E-state index in [-0.39, 0.29) is 5.78 Å². The highest BCUT2D eigenvalue weighted by Crippen LogP contribution is 2.43. The molecule has 0 N–H and O–H groups in total. The van der Waals surface area contributed by atoms with Crippen molar-refractivity contribution in [2.45, 2.75) is 40.0 Å². The van der Waals surface area contributed by atoms with E-state index in [0.717, 1.165) is 67.9 Å². The fourth-order valence-corrected chi connectivity index (χ4v) is 5.57. The molecule has 0 saturated heterocycles. The Hall–Kier alpha value is -3.65. The standard InChI is InChI=1S/C26H25N5O2S/c1-15-11-18(13-28-33-4)6-10-22(15)31-25-20(24(30-31)19-7-5-16(2)27-14-19)8-9-21-26(25)34-23(29-21)12-17(3)32/h5-7,10-11,13-14H,8-9,12H2,1-4H3/b28-13+. The Morgan fingerprint density at radius 1 is 1.24 bits per heavy atom. The lowest BCUT2D eigenvalue weighted by molar-refractivity contribution is -0.116. The summed E-state index contributed by atoms with van der Waals surface area (Å²) in [4.78, 5) is 27.0. The van der Waals surface area contributed by atoms with E-state index in [2.05, 4.69) is 35.3 Å². The molecule has 0 radical (unpaired) electrons. The maximum atomic E-state index is 11.8. The number of benzene rings is 1. The lowest BCUT2D eigenvalue weighted by Crippen LogP contribution is -2.07. The molecule has 0 atom stereocenters. The second kappa shape index (κ2) is 8.95. The van der Waals surface area contributed by atoms with Crippen LogP contribution in [-0.4, -0.2) is 38.9 Å². The number of oxime groups is 1. The molecule has 3 aromatic heterocycles. The first-order chi connectivity index (χ1) is 16.4. The summed E-state index contributed by atoms with van der Waals surface area (Å²) in [6.45, 7) is 5.66. The van der Waals surface area contributed by atoms with Crippen molar-refractivity contribution < 1.29 is 9.63 Å². The summed E-state index contributed by atoms with van der Waals surface area (Å²) < 4.78 is 2.03. The number of carbonyl (C=O) groups is 1. The quantitative estimate of drug-likeness (QED) is 0.296. The van der Waals surface area contributed by atoms with Crippen molar-refractivity contribution in [2.75, 3.05) is 7.11 Å². The van der Waals surface area contributed by atoms with Gasteiger partial charge in [-0.1, -0.05) is 11.2 Å². The van der Waals surface area contributed by atoms with Crippen molar-refractivity contribution in [1.29, 1.82) is 0 Å². The van der Waals surface area contributed by atoms with E-state index in [9.17, 15) is 4.79 Å². The fourth-order valence-electron chi connectivity index (χ4n) is 4.33. The molecule has 1 aromatic carbocycles. The summed E-state index contributed by atoms with van der Waals surface area (Å²) in [5.74, 6) is 0.121. The molecule has 172 valence electrons. The lowest BCUT2D eigenvalue weighted by Gasteiger charge is -2.15. The first-order valence-electron chi connectivity index (χ1n) is 11.2. The van der Waals surface area contributed by atoms with Gasteiger partial charge >= 0.3 is 0 Å². The van der Waals surface area contributed by atoms with Gasteiger partial charge in [0.25, 0.3) is 0 Å². The van der Waals surface area contributed by atoms with E-state index in [0.29, 0.717) is 6.42 Å². The molecule has 0 amide bonds. The smallest absolute Gasteiger partial charge is 0.136 e. The lowest BCUT2D eigenvalue weighted by atomic mass is 9.95. The second-order valence-electron chi connectivity index (χ2n) is 8.50. The Morgan fingerprint density at radius 2 is 2.09 bits per heavy atom. The van der Waals surface area contributed by atoms with Crippen LogP contribution in [-0.2, 0) is 28.9 Å². The summed E-state index contributed by atoms with van der Waals surface area (Å²) in [5, 5.41) is 9.85. The van der Waals surface area contributed by atoms with Gasteiger partial charge in [0, 0.05) is 23.0 Å². The van der Waals surface area contributed by atoms with Crippen molar-refractivity contribution in [1.82, 2.24) is 19.7 Å². The van der Waals surface area contributed by atoms with E-state index in [1.54, 1.807) is 24.5 Å². The zero-order valence-electron chi connectivity index (χ0n) is 19.6. The van der Waals surface area contributed by atoms with Gasteiger partial charge < -0.3 is 4.84 Å². The number of Topliss-reactive ketones (excluding diaryl/α,β-unsaturated/α-hetero) is 1. The number of pyridine rings is 1. The topological polar surface area (TPSA) is 82.3 Å². The number of fused-ring (bicyclic) bond motifs is 3. The number of hydrogen-bond donors (Lipinski definition) is 0. The molecule has 1 aliphatic rings. The molecule has 7 nitrogen and oxygen atoms in total.